The van der Waals surface area contributed by atoms with E-state index in [-0.39, 0.29) is 29.8 Å². The minimum atomic E-state index is 0. The van der Waals surface area contributed by atoms with Gasteiger partial charge in [-0.05, 0) is 54.4 Å². The van der Waals surface area contributed by atoms with Crippen LogP contribution in [0.2, 0.25) is 0 Å². The van der Waals surface area contributed by atoms with Crippen LogP contribution in [0.4, 0.5) is 5.69 Å². The molecule has 3 nitrogen and oxygen atoms in total. The molecule has 4 heteroatoms. The van der Waals surface area contributed by atoms with Gasteiger partial charge < -0.3 is 11.1 Å². The Balaban J connectivity index is 0.00000220. The van der Waals surface area contributed by atoms with E-state index in [0.29, 0.717) is 6.42 Å². The summed E-state index contributed by atoms with van der Waals surface area (Å²) in [6, 6.07) is 6.20. The van der Waals surface area contributed by atoms with Crippen LogP contribution in [-0.4, -0.2) is 5.91 Å². The Kier molecular flexibility index (Phi) is 6.09. The first-order valence-electron chi connectivity index (χ1n) is 7.53. The minimum absolute atomic E-state index is 0. The molecule has 0 radical (unpaired) electrons. The molecule has 1 amide bonds. The monoisotopic (exact) mass is 310 g/mol. The lowest BCUT2D eigenvalue weighted by molar-refractivity contribution is -0.122. The normalized spacial score (nSPS) is 17.6. The molecule has 0 bridgehead atoms. The molecule has 2 rings (SSSR count). The first kappa shape index (κ1) is 17.8. The van der Waals surface area contributed by atoms with E-state index in [2.05, 4.69) is 32.2 Å². The van der Waals surface area contributed by atoms with Crippen molar-refractivity contribution in [1.82, 2.24) is 5.32 Å². The fourth-order valence-electron chi connectivity index (χ4n) is 2.74. The van der Waals surface area contributed by atoms with Gasteiger partial charge in [-0.3, -0.25) is 4.79 Å². The Morgan fingerprint density at radius 3 is 2.76 bits per heavy atom. The van der Waals surface area contributed by atoms with Crippen molar-refractivity contribution in [1.29, 1.82) is 0 Å². The molecule has 1 aromatic carbocycles. The van der Waals surface area contributed by atoms with Gasteiger partial charge in [0.05, 0.1) is 6.04 Å². The molecule has 0 spiro atoms. The highest BCUT2D eigenvalue weighted by molar-refractivity contribution is 5.85. The number of fused-ring (bicyclic) bond motifs is 1. The van der Waals surface area contributed by atoms with Crippen LogP contribution >= 0.6 is 12.4 Å². The van der Waals surface area contributed by atoms with Crippen LogP contribution in [0.3, 0.4) is 0 Å². The molecular formula is C17H27ClN2O. The van der Waals surface area contributed by atoms with E-state index < -0.39 is 0 Å². The topological polar surface area (TPSA) is 55.1 Å². The highest BCUT2D eigenvalue weighted by Gasteiger charge is 2.22. The van der Waals surface area contributed by atoms with Gasteiger partial charge in [0.25, 0.3) is 0 Å². The van der Waals surface area contributed by atoms with Crippen molar-refractivity contribution in [2.24, 2.45) is 5.41 Å². The molecule has 0 heterocycles. The van der Waals surface area contributed by atoms with Gasteiger partial charge in [0.15, 0.2) is 0 Å². The van der Waals surface area contributed by atoms with Crippen molar-refractivity contribution in [2.45, 2.75) is 58.9 Å². The summed E-state index contributed by atoms with van der Waals surface area (Å²) in [5, 5.41) is 3.19. The van der Waals surface area contributed by atoms with Crippen molar-refractivity contribution in [3.8, 4) is 0 Å². The Morgan fingerprint density at radius 2 is 2.10 bits per heavy atom. The zero-order valence-corrected chi connectivity index (χ0v) is 14.1. The van der Waals surface area contributed by atoms with Crippen molar-refractivity contribution in [2.75, 3.05) is 5.73 Å². The number of anilines is 1. The average molecular weight is 311 g/mol. The Hall–Kier alpha value is -1.22. The largest absolute Gasteiger partial charge is 0.399 e. The molecule has 21 heavy (non-hydrogen) atoms. The maximum atomic E-state index is 12.1. The van der Waals surface area contributed by atoms with Crippen LogP contribution in [-0.2, 0) is 11.2 Å². The first-order chi connectivity index (χ1) is 9.35. The van der Waals surface area contributed by atoms with Crippen LogP contribution in [0.15, 0.2) is 18.2 Å². The highest BCUT2D eigenvalue weighted by atomic mass is 35.5. The Morgan fingerprint density at radius 1 is 1.38 bits per heavy atom. The molecule has 1 aromatic rings. The molecular weight excluding hydrogens is 284 g/mol. The first-order valence-corrected chi connectivity index (χ1v) is 7.53. The standard InChI is InChI=1S/C17H26N2O.ClH/c1-17(2,3)10-9-16(20)19-15-6-4-5-12-11-13(18)7-8-14(12)15;/h7-8,11,15H,4-6,9-10,18H2,1-3H3,(H,19,20);1H. The fraction of sp³-hybridized carbons (Fsp3) is 0.588. The third kappa shape index (κ3) is 5.24. The molecule has 0 fully saturated rings. The van der Waals surface area contributed by atoms with Gasteiger partial charge in [-0.25, -0.2) is 0 Å². The third-order valence-corrected chi connectivity index (χ3v) is 3.92. The summed E-state index contributed by atoms with van der Waals surface area (Å²) in [6.45, 7) is 6.50. The molecule has 118 valence electrons. The number of nitrogens with two attached hydrogens (primary N) is 1. The van der Waals surface area contributed by atoms with Gasteiger partial charge in [-0.15, -0.1) is 12.4 Å². The number of aryl methyl sites for hydroxylation is 1. The summed E-state index contributed by atoms with van der Waals surface area (Å²) in [6.07, 6.45) is 4.72. The quantitative estimate of drug-likeness (QED) is 0.829. The van der Waals surface area contributed by atoms with Gasteiger partial charge in [0.1, 0.15) is 0 Å². The number of carbonyl (C=O) groups excluding carboxylic acids is 1. The second-order valence-electron chi connectivity index (χ2n) is 7.03. The van der Waals surface area contributed by atoms with E-state index in [1.165, 1.54) is 11.1 Å². The summed E-state index contributed by atoms with van der Waals surface area (Å²) in [7, 11) is 0. The summed E-state index contributed by atoms with van der Waals surface area (Å²) in [5.74, 6) is 0.162. The predicted molar refractivity (Wildman–Crippen MR) is 90.6 cm³/mol. The number of nitrogen functional groups attached to an aromatic ring is 1. The van der Waals surface area contributed by atoms with Crippen molar-refractivity contribution in [3.05, 3.63) is 29.3 Å². The summed E-state index contributed by atoms with van der Waals surface area (Å²) < 4.78 is 0. The van der Waals surface area contributed by atoms with E-state index in [1.54, 1.807) is 0 Å². The molecule has 1 aliphatic rings. The van der Waals surface area contributed by atoms with E-state index in [9.17, 15) is 4.79 Å². The maximum Gasteiger partial charge on any atom is 0.220 e. The second-order valence-corrected chi connectivity index (χ2v) is 7.03. The van der Waals surface area contributed by atoms with Crippen LogP contribution in [0.1, 0.15) is 63.6 Å². The van der Waals surface area contributed by atoms with E-state index in [1.807, 2.05) is 12.1 Å². The summed E-state index contributed by atoms with van der Waals surface area (Å²) >= 11 is 0. The van der Waals surface area contributed by atoms with Crippen LogP contribution in [0.5, 0.6) is 0 Å². The second kappa shape index (κ2) is 7.17. The predicted octanol–water partition coefficient (Wildman–Crippen LogP) is 4.01. The lowest BCUT2D eigenvalue weighted by atomic mass is 9.87. The van der Waals surface area contributed by atoms with E-state index >= 15 is 0 Å². The zero-order valence-electron chi connectivity index (χ0n) is 13.2. The van der Waals surface area contributed by atoms with E-state index in [0.717, 1.165) is 31.4 Å². The molecule has 1 unspecified atom stereocenters. The number of nitrogens with one attached hydrogen (secondary N) is 1. The van der Waals surface area contributed by atoms with Crippen LogP contribution < -0.4 is 11.1 Å². The fourth-order valence-corrected chi connectivity index (χ4v) is 2.74. The van der Waals surface area contributed by atoms with Gasteiger partial charge in [-0.1, -0.05) is 26.8 Å². The average Bonchev–Trinajstić information content (AvgIpc) is 2.35. The molecule has 1 aliphatic carbocycles. The number of benzene rings is 1. The zero-order chi connectivity index (χ0) is 14.8. The molecule has 1 atom stereocenters. The van der Waals surface area contributed by atoms with Gasteiger partial charge >= 0.3 is 0 Å². The van der Waals surface area contributed by atoms with Crippen LogP contribution in [0.25, 0.3) is 0 Å². The number of amides is 1. The van der Waals surface area contributed by atoms with Crippen molar-refractivity contribution in [3.63, 3.8) is 0 Å². The Bertz CT molecular complexity index is 494. The molecule has 0 saturated heterocycles. The van der Waals surface area contributed by atoms with Crippen LogP contribution in [0, 0.1) is 5.41 Å². The number of hydrogen-bond donors (Lipinski definition) is 2. The van der Waals surface area contributed by atoms with Crippen molar-refractivity contribution < 1.29 is 4.79 Å². The van der Waals surface area contributed by atoms with Gasteiger partial charge in [0.2, 0.25) is 5.91 Å². The lowest BCUT2D eigenvalue weighted by Crippen LogP contribution is -2.31. The van der Waals surface area contributed by atoms with Crippen molar-refractivity contribution >= 4 is 24.0 Å². The molecule has 0 aromatic heterocycles. The SMILES string of the molecule is CC(C)(C)CCC(=O)NC1CCCc2cc(N)ccc21.Cl. The molecule has 3 N–H and O–H groups in total. The third-order valence-electron chi connectivity index (χ3n) is 3.92. The molecule has 0 saturated carbocycles. The number of hydrogen-bond acceptors (Lipinski definition) is 2. The van der Waals surface area contributed by atoms with Gasteiger partial charge in [0, 0.05) is 12.1 Å². The van der Waals surface area contributed by atoms with E-state index in [4.69, 9.17) is 5.73 Å². The number of rotatable bonds is 3. The lowest BCUT2D eigenvalue weighted by Gasteiger charge is -2.27. The highest BCUT2D eigenvalue weighted by Crippen LogP contribution is 2.31. The smallest absolute Gasteiger partial charge is 0.220 e. The number of carbonyl (C=O) groups is 1. The minimum Gasteiger partial charge on any atom is -0.399 e. The maximum absolute atomic E-state index is 12.1. The summed E-state index contributed by atoms with van der Waals surface area (Å²) in [5.41, 5.74) is 9.38. The van der Waals surface area contributed by atoms with Gasteiger partial charge in [-0.2, -0.15) is 0 Å². The Labute approximate surface area is 134 Å². The molecule has 0 aliphatic heterocycles. The number of halogens is 1. The summed E-state index contributed by atoms with van der Waals surface area (Å²) in [4.78, 5) is 12.1.